The van der Waals surface area contributed by atoms with Crippen LogP contribution in [0.4, 0.5) is 0 Å². The van der Waals surface area contributed by atoms with Crippen LogP contribution in [0.2, 0.25) is 5.02 Å². The summed E-state index contributed by atoms with van der Waals surface area (Å²) < 4.78 is 5.17. The minimum atomic E-state index is -0.794. The molecule has 1 aromatic heterocycles. The number of aromatic nitrogens is 2. The van der Waals surface area contributed by atoms with E-state index in [1.54, 1.807) is 24.3 Å². The molecule has 1 aliphatic rings. The van der Waals surface area contributed by atoms with Crippen molar-refractivity contribution in [2.45, 2.75) is 38.1 Å². The Bertz CT molecular complexity index is 760. The number of halogens is 1. The highest BCUT2D eigenvalue weighted by molar-refractivity contribution is 6.30. The molecule has 1 fully saturated rings. The molecular formula is C17H18ClN3O4. The average Bonchev–Trinajstić information content (AvgIpc) is 3.23. The molecule has 0 unspecified atom stereocenters. The van der Waals surface area contributed by atoms with Gasteiger partial charge in [-0.05, 0) is 43.5 Å². The topological polar surface area (TPSA) is 105 Å². The van der Waals surface area contributed by atoms with Crippen molar-refractivity contribution in [3.05, 3.63) is 35.2 Å². The van der Waals surface area contributed by atoms with Crippen LogP contribution < -0.4 is 5.32 Å². The Labute approximate surface area is 149 Å². The first-order chi connectivity index (χ1) is 12.0. The van der Waals surface area contributed by atoms with E-state index in [0.717, 1.165) is 5.56 Å². The van der Waals surface area contributed by atoms with E-state index in [2.05, 4.69) is 15.5 Å². The molecule has 1 aromatic carbocycles. The van der Waals surface area contributed by atoms with Gasteiger partial charge in [-0.25, -0.2) is 0 Å². The Hall–Kier alpha value is -2.41. The SMILES string of the molecule is O=C(CCc1nc(-c2ccc(Cl)cc2)no1)N[C@H]1CC[C@@H](C(=O)O)C1. The first-order valence-electron chi connectivity index (χ1n) is 8.12. The zero-order chi connectivity index (χ0) is 17.8. The molecule has 25 heavy (non-hydrogen) atoms. The Morgan fingerprint density at radius 3 is 2.72 bits per heavy atom. The van der Waals surface area contributed by atoms with Crippen LogP contribution >= 0.6 is 11.6 Å². The second-order valence-electron chi connectivity index (χ2n) is 6.13. The number of carboxylic acid groups (broad SMARTS) is 1. The van der Waals surface area contributed by atoms with E-state index in [1.165, 1.54) is 0 Å². The van der Waals surface area contributed by atoms with Crippen LogP contribution in [-0.2, 0) is 16.0 Å². The number of nitrogens with one attached hydrogen (secondary N) is 1. The van der Waals surface area contributed by atoms with Gasteiger partial charge in [0.15, 0.2) is 0 Å². The summed E-state index contributed by atoms with van der Waals surface area (Å²) in [6.07, 6.45) is 2.35. The number of hydrogen-bond acceptors (Lipinski definition) is 5. The highest BCUT2D eigenvalue weighted by Gasteiger charge is 2.30. The fraction of sp³-hybridized carbons (Fsp3) is 0.412. The Kier molecular flexibility index (Phi) is 5.33. The number of nitrogens with zero attached hydrogens (tertiary/aromatic N) is 2. The maximum atomic E-state index is 12.0. The minimum absolute atomic E-state index is 0.0686. The average molecular weight is 364 g/mol. The van der Waals surface area contributed by atoms with E-state index in [4.69, 9.17) is 21.2 Å². The summed E-state index contributed by atoms with van der Waals surface area (Å²) in [4.78, 5) is 27.2. The van der Waals surface area contributed by atoms with Crippen molar-refractivity contribution in [3.8, 4) is 11.4 Å². The van der Waals surface area contributed by atoms with Crippen molar-refractivity contribution in [1.29, 1.82) is 0 Å². The Morgan fingerprint density at radius 2 is 2.04 bits per heavy atom. The quantitative estimate of drug-likeness (QED) is 0.817. The molecule has 132 valence electrons. The molecule has 0 radical (unpaired) electrons. The molecule has 2 atom stereocenters. The summed E-state index contributed by atoms with van der Waals surface area (Å²) in [5.74, 6) is -0.454. The van der Waals surface area contributed by atoms with Gasteiger partial charge in [-0.3, -0.25) is 9.59 Å². The number of rotatable bonds is 6. The van der Waals surface area contributed by atoms with Crippen LogP contribution in [0.1, 0.15) is 31.6 Å². The summed E-state index contributed by atoms with van der Waals surface area (Å²) in [5, 5.41) is 16.4. The van der Waals surface area contributed by atoms with Crippen LogP contribution in [-0.4, -0.2) is 33.2 Å². The van der Waals surface area contributed by atoms with E-state index < -0.39 is 5.97 Å². The Balaban J connectivity index is 1.48. The smallest absolute Gasteiger partial charge is 0.306 e. The number of amides is 1. The molecule has 2 aromatic rings. The highest BCUT2D eigenvalue weighted by Crippen LogP contribution is 2.25. The summed E-state index contributed by atoms with van der Waals surface area (Å²) in [5.41, 5.74) is 0.787. The number of carbonyl (C=O) groups is 2. The van der Waals surface area contributed by atoms with E-state index in [0.29, 0.717) is 42.4 Å². The van der Waals surface area contributed by atoms with Gasteiger partial charge in [-0.2, -0.15) is 4.98 Å². The molecule has 1 saturated carbocycles. The molecule has 8 heteroatoms. The standard InChI is InChI=1S/C17H18ClN3O4/c18-12-4-1-10(2-5-12)16-20-15(25-21-16)8-7-14(22)19-13-6-3-11(9-13)17(23)24/h1-2,4-5,11,13H,3,6-9H2,(H,19,22)(H,23,24)/t11-,13+/m1/s1. The molecule has 0 saturated heterocycles. The number of aryl methyl sites for hydroxylation is 1. The van der Waals surface area contributed by atoms with Crippen molar-refractivity contribution in [2.24, 2.45) is 5.92 Å². The second-order valence-corrected chi connectivity index (χ2v) is 6.57. The Morgan fingerprint density at radius 1 is 1.28 bits per heavy atom. The van der Waals surface area contributed by atoms with E-state index >= 15 is 0 Å². The van der Waals surface area contributed by atoms with Crippen molar-refractivity contribution >= 4 is 23.5 Å². The lowest BCUT2D eigenvalue weighted by Gasteiger charge is -2.11. The van der Waals surface area contributed by atoms with Gasteiger partial charge in [0.05, 0.1) is 5.92 Å². The normalized spacial score (nSPS) is 19.7. The predicted octanol–water partition coefficient (Wildman–Crippen LogP) is 2.69. The van der Waals surface area contributed by atoms with Crippen molar-refractivity contribution in [1.82, 2.24) is 15.5 Å². The maximum Gasteiger partial charge on any atom is 0.306 e. The van der Waals surface area contributed by atoms with Gasteiger partial charge in [-0.1, -0.05) is 16.8 Å². The molecule has 2 N–H and O–H groups in total. The van der Waals surface area contributed by atoms with E-state index in [-0.39, 0.29) is 24.3 Å². The summed E-state index contributed by atoms with van der Waals surface area (Å²) in [6, 6.07) is 7.00. The number of benzene rings is 1. The number of hydrogen-bond donors (Lipinski definition) is 2. The number of carbonyl (C=O) groups excluding carboxylic acids is 1. The van der Waals surface area contributed by atoms with E-state index in [9.17, 15) is 9.59 Å². The van der Waals surface area contributed by atoms with Gasteiger partial charge < -0.3 is 14.9 Å². The van der Waals surface area contributed by atoms with Crippen LogP contribution in [0.3, 0.4) is 0 Å². The van der Waals surface area contributed by atoms with Gasteiger partial charge in [0, 0.05) is 29.5 Å². The van der Waals surface area contributed by atoms with Gasteiger partial charge in [0.1, 0.15) is 0 Å². The number of aliphatic carboxylic acids is 1. The molecule has 0 aliphatic heterocycles. The monoisotopic (exact) mass is 363 g/mol. The molecule has 0 spiro atoms. The molecule has 1 amide bonds. The zero-order valence-electron chi connectivity index (χ0n) is 13.4. The van der Waals surface area contributed by atoms with Gasteiger partial charge in [-0.15, -0.1) is 0 Å². The fourth-order valence-electron chi connectivity index (χ4n) is 2.93. The lowest BCUT2D eigenvalue weighted by molar-refractivity contribution is -0.141. The minimum Gasteiger partial charge on any atom is -0.481 e. The molecule has 7 nitrogen and oxygen atoms in total. The highest BCUT2D eigenvalue weighted by atomic mass is 35.5. The molecule has 1 heterocycles. The van der Waals surface area contributed by atoms with Crippen LogP contribution in [0.25, 0.3) is 11.4 Å². The van der Waals surface area contributed by atoms with E-state index in [1.807, 2.05) is 0 Å². The summed E-state index contributed by atoms with van der Waals surface area (Å²) in [7, 11) is 0. The van der Waals surface area contributed by atoms with Gasteiger partial charge in [0.25, 0.3) is 0 Å². The van der Waals surface area contributed by atoms with Crippen molar-refractivity contribution in [2.75, 3.05) is 0 Å². The van der Waals surface area contributed by atoms with Crippen molar-refractivity contribution < 1.29 is 19.2 Å². The third-order valence-corrected chi connectivity index (χ3v) is 4.54. The van der Waals surface area contributed by atoms with Gasteiger partial charge in [0.2, 0.25) is 17.6 Å². The van der Waals surface area contributed by atoms with Crippen LogP contribution in [0.5, 0.6) is 0 Å². The molecular weight excluding hydrogens is 346 g/mol. The van der Waals surface area contributed by atoms with Crippen LogP contribution in [0, 0.1) is 5.92 Å². The fourth-order valence-corrected chi connectivity index (χ4v) is 3.06. The zero-order valence-corrected chi connectivity index (χ0v) is 14.2. The molecule has 0 bridgehead atoms. The molecule has 3 rings (SSSR count). The molecule has 1 aliphatic carbocycles. The first kappa shape index (κ1) is 17.4. The predicted molar refractivity (Wildman–Crippen MR) is 90.0 cm³/mol. The van der Waals surface area contributed by atoms with Crippen LogP contribution in [0.15, 0.2) is 28.8 Å². The summed E-state index contributed by atoms with van der Waals surface area (Å²) in [6.45, 7) is 0. The third kappa shape index (κ3) is 4.57. The maximum absolute atomic E-state index is 12.0. The largest absolute Gasteiger partial charge is 0.481 e. The van der Waals surface area contributed by atoms with Gasteiger partial charge >= 0.3 is 5.97 Å². The second kappa shape index (κ2) is 7.65. The van der Waals surface area contributed by atoms with Crippen molar-refractivity contribution in [3.63, 3.8) is 0 Å². The third-order valence-electron chi connectivity index (χ3n) is 4.28. The lowest BCUT2D eigenvalue weighted by atomic mass is 10.1. The lowest BCUT2D eigenvalue weighted by Crippen LogP contribution is -2.33. The summed E-state index contributed by atoms with van der Waals surface area (Å²) >= 11 is 5.84. The number of carboxylic acids is 1. The first-order valence-corrected chi connectivity index (χ1v) is 8.50.